The van der Waals surface area contributed by atoms with Gasteiger partial charge in [-0.3, -0.25) is 0 Å². The standard InChI is InChI=1S/C12H5BrClFN2S/c13-6-1-2-9(15)8(5-6)11-16-10(14)7-3-4-18-12(7)17-11/h1-5H. The molecule has 6 heteroatoms. The molecular formula is C12H5BrClFN2S. The Morgan fingerprint density at radius 2 is 2.06 bits per heavy atom. The molecule has 0 atom stereocenters. The van der Waals surface area contributed by atoms with Gasteiger partial charge in [0.05, 0.1) is 5.56 Å². The second-order valence-electron chi connectivity index (χ2n) is 3.60. The van der Waals surface area contributed by atoms with Crippen LogP contribution in [0.4, 0.5) is 4.39 Å². The minimum absolute atomic E-state index is 0.300. The minimum Gasteiger partial charge on any atom is -0.217 e. The summed E-state index contributed by atoms with van der Waals surface area (Å²) in [6, 6.07) is 6.49. The van der Waals surface area contributed by atoms with Crippen LogP contribution in [0.1, 0.15) is 0 Å². The van der Waals surface area contributed by atoms with Crippen LogP contribution in [0.25, 0.3) is 21.6 Å². The first-order valence-corrected chi connectivity index (χ1v) is 7.06. The molecule has 0 N–H and O–H groups in total. The number of thiophene rings is 1. The summed E-state index contributed by atoms with van der Waals surface area (Å²) in [6.07, 6.45) is 0. The molecule has 2 nitrogen and oxygen atoms in total. The van der Waals surface area contributed by atoms with E-state index in [4.69, 9.17) is 11.6 Å². The van der Waals surface area contributed by atoms with E-state index in [0.717, 1.165) is 14.7 Å². The Morgan fingerprint density at radius 1 is 1.22 bits per heavy atom. The van der Waals surface area contributed by atoms with Gasteiger partial charge in [-0.15, -0.1) is 11.3 Å². The normalized spacial score (nSPS) is 11.1. The van der Waals surface area contributed by atoms with Crippen LogP contribution in [0.2, 0.25) is 5.15 Å². The van der Waals surface area contributed by atoms with E-state index in [1.807, 2.05) is 11.4 Å². The molecule has 0 fully saturated rings. The molecule has 0 amide bonds. The van der Waals surface area contributed by atoms with Crippen molar-refractivity contribution in [3.05, 3.63) is 45.1 Å². The molecule has 0 radical (unpaired) electrons. The average molecular weight is 344 g/mol. The van der Waals surface area contributed by atoms with Crippen LogP contribution in [-0.2, 0) is 0 Å². The first-order valence-electron chi connectivity index (χ1n) is 5.01. The lowest BCUT2D eigenvalue weighted by atomic mass is 10.2. The number of aromatic nitrogens is 2. The second kappa shape index (κ2) is 4.57. The highest BCUT2D eigenvalue weighted by molar-refractivity contribution is 9.10. The minimum atomic E-state index is -0.370. The van der Waals surface area contributed by atoms with E-state index in [-0.39, 0.29) is 5.82 Å². The maximum Gasteiger partial charge on any atom is 0.165 e. The largest absolute Gasteiger partial charge is 0.217 e. The predicted octanol–water partition coefficient (Wildman–Crippen LogP) is 4.91. The summed E-state index contributed by atoms with van der Waals surface area (Å²) in [5, 5.41) is 3.02. The van der Waals surface area contributed by atoms with Crippen LogP contribution >= 0.6 is 38.9 Å². The van der Waals surface area contributed by atoms with Crippen LogP contribution in [-0.4, -0.2) is 9.97 Å². The number of fused-ring (bicyclic) bond motifs is 1. The van der Waals surface area contributed by atoms with E-state index in [2.05, 4.69) is 25.9 Å². The van der Waals surface area contributed by atoms with Crippen LogP contribution in [0.3, 0.4) is 0 Å². The molecule has 1 aromatic carbocycles. The smallest absolute Gasteiger partial charge is 0.165 e. The molecule has 0 saturated carbocycles. The first-order chi connectivity index (χ1) is 8.65. The predicted molar refractivity (Wildman–Crippen MR) is 75.5 cm³/mol. The lowest BCUT2D eigenvalue weighted by Gasteiger charge is -2.03. The highest BCUT2D eigenvalue weighted by atomic mass is 79.9. The summed E-state index contributed by atoms with van der Waals surface area (Å²) in [5.74, 6) is -0.0704. The number of hydrogen-bond donors (Lipinski definition) is 0. The van der Waals surface area contributed by atoms with Gasteiger partial charge in [-0.2, -0.15) is 0 Å². The summed E-state index contributed by atoms with van der Waals surface area (Å²) in [4.78, 5) is 9.23. The van der Waals surface area contributed by atoms with Gasteiger partial charge in [0.2, 0.25) is 0 Å². The molecule has 3 aromatic rings. The molecule has 3 rings (SSSR count). The zero-order chi connectivity index (χ0) is 12.7. The van der Waals surface area contributed by atoms with Crippen molar-refractivity contribution in [2.45, 2.75) is 0 Å². The lowest BCUT2D eigenvalue weighted by Crippen LogP contribution is -1.92. The number of benzene rings is 1. The number of hydrogen-bond acceptors (Lipinski definition) is 3. The number of nitrogens with zero attached hydrogens (tertiary/aromatic N) is 2. The van der Waals surface area contributed by atoms with Crippen molar-refractivity contribution < 1.29 is 4.39 Å². The van der Waals surface area contributed by atoms with Crippen molar-refractivity contribution in [3.8, 4) is 11.4 Å². The Kier molecular flexibility index (Phi) is 3.05. The van der Waals surface area contributed by atoms with E-state index in [1.54, 1.807) is 12.1 Å². The van der Waals surface area contributed by atoms with Gasteiger partial charge in [-0.05, 0) is 29.6 Å². The number of rotatable bonds is 1. The first kappa shape index (κ1) is 12.0. The van der Waals surface area contributed by atoms with Gasteiger partial charge >= 0.3 is 0 Å². The van der Waals surface area contributed by atoms with Crippen molar-refractivity contribution in [2.24, 2.45) is 0 Å². The zero-order valence-electron chi connectivity index (χ0n) is 8.82. The van der Waals surface area contributed by atoms with Gasteiger partial charge in [0.25, 0.3) is 0 Å². The van der Waals surface area contributed by atoms with Crippen LogP contribution < -0.4 is 0 Å². The van der Waals surface area contributed by atoms with E-state index in [9.17, 15) is 4.39 Å². The van der Waals surface area contributed by atoms with Crippen LogP contribution in [0.15, 0.2) is 34.1 Å². The fourth-order valence-electron chi connectivity index (χ4n) is 1.61. The maximum absolute atomic E-state index is 13.8. The van der Waals surface area contributed by atoms with Gasteiger partial charge in [0, 0.05) is 9.86 Å². The number of halogens is 3. The molecule has 2 heterocycles. The monoisotopic (exact) mass is 342 g/mol. The molecule has 0 bridgehead atoms. The molecule has 0 unspecified atom stereocenters. The molecule has 2 aromatic heterocycles. The van der Waals surface area contributed by atoms with E-state index < -0.39 is 0 Å². The third-order valence-electron chi connectivity index (χ3n) is 2.45. The Balaban J connectivity index is 2.27. The van der Waals surface area contributed by atoms with Crippen molar-refractivity contribution in [1.82, 2.24) is 9.97 Å². The molecule has 90 valence electrons. The van der Waals surface area contributed by atoms with Gasteiger partial charge in [-0.25, -0.2) is 14.4 Å². The molecule has 0 aliphatic heterocycles. The maximum atomic E-state index is 13.8. The van der Waals surface area contributed by atoms with Crippen molar-refractivity contribution in [2.75, 3.05) is 0 Å². The molecule has 18 heavy (non-hydrogen) atoms. The highest BCUT2D eigenvalue weighted by Gasteiger charge is 2.12. The van der Waals surface area contributed by atoms with Crippen LogP contribution in [0, 0.1) is 5.82 Å². The topological polar surface area (TPSA) is 25.8 Å². The Hall–Kier alpha value is -1.04. The van der Waals surface area contributed by atoms with Gasteiger partial charge in [0.15, 0.2) is 5.82 Å². The van der Waals surface area contributed by atoms with Crippen molar-refractivity contribution >= 4 is 49.1 Å². The summed E-state index contributed by atoms with van der Waals surface area (Å²) >= 11 is 10.8. The summed E-state index contributed by atoms with van der Waals surface area (Å²) in [5.41, 5.74) is 0.335. The Labute approximate surface area is 120 Å². The lowest BCUT2D eigenvalue weighted by molar-refractivity contribution is 0.630. The summed E-state index contributed by atoms with van der Waals surface area (Å²) in [7, 11) is 0. The Morgan fingerprint density at radius 3 is 2.89 bits per heavy atom. The fraction of sp³-hybridized carbons (Fsp3) is 0. The van der Waals surface area contributed by atoms with Crippen molar-refractivity contribution in [1.29, 1.82) is 0 Å². The van der Waals surface area contributed by atoms with Gasteiger partial charge in [0.1, 0.15) is 15.8 Å². The zero-order valence-corrected chi connectivity index (χ0v) is 12.0. The molecule has 0 aliphatic rings. The van der Waals surface area contributed by atoms with E-state index in [0.29, 0.717) is 16.5 Å². The van der Waals surface area contributed by atoms with Gasteiger partial charge in [-0.1, -0.05) is 27.5 Å². The second-order valence-corrected chi connectivity index (χ2v) is 5.77. The van der Waals surface area contributed by atoms with E-state index >= 15 is 0 Å². The molecule has 0 spiro atoms. The summed E-state index contributed by atoms with van der Waals surface area (Å²) in [6.45, 7) is 0. The van der Waals surface area contributed by atoms with Crippen LogP contribution in [0.5, 0.6) is 0 Å². The van der Waals surface area contributed by atoms with E-state index in [1.165, 1.54) is 17.4 Å². The third kappa shape index (κ3) is 2.02. The molecule has 0 aliphatic carbocycles. The van der Waals surface area contributed by atoms with Crippen molar-refractivity contribution in [3.63, 3.8) is 0 Å². The highest BCUT2D eigenvalue weighted by Crippen LogP contribution is 2.30. The van der Waals surface area contributed by atoms with Gasteiger partial charge < -0.3 is 0 Å². The molecule has 0 saturated heterocycles. The average Bonchev–Trinajstić information content (AvgIpc) is 2.81. The quantitative estimate of drug-likeness (QED) is 0.587. The third-order valence-corrected chi connectivity index (χ3v) is 4.04. The fourth-order valence-corrected chi connectivity index (χ4v) is 3.02. The molecular weight excluding hydrogens is 339 g/mol. The summed E-state index contributed by atoms with van der Waals surface area (Å²) < 4.78 is 14.5. The SMILES string of the molecule is Fc1ccc(Br)cc1-c1nc(Cl)c2ccsc2n1. The Bertz CT molecular complexity index is 744.